The Labute approximate surface area is 175 Å². The minimum Gasteiger partial charge on any atom is -0.497 e. The van der Waals surface area contributed by atoms with Gasteiger partial charge in [-0.1, -0.05) is 0 Å². The van der Waals surface area contributed by atoms with Crippen LogP contribution < -0.4 is 13.8 Å². The molecule has 0 radical (unpaired) electrons. The molecule has 1 saturated carbocycles. The number of rotatable bonds is 5. The molecule has 0 bridgehead atoms. The number of hydrogen-bond donors (Lipinski definition) is 0. The highest BCUT2D eigenvalue weighted by molar-refractivity contribution is 7.92. The highest BCUT2D eigenvalue weighted by Gasteiger charge is 2.30. The lowest BCUT2D eigenvalue weighted by Crippen LogP contribution is -2.31. The van der Waals surface area contributed by atoms with Gasteiger partial charge in [-0.2, -0.15) is 0 Å². The summed E-state index contributed by atoms with van der Waals surface area (Å²) in [6.07, 6.45) is 4.52. The van der Waals surface area contributed by atoms with Crippen molar-refractivity contribution in [3.05, 3.63) is 54.6 Å². The fraction of sp³-hybridized carbons (Fsp3) is 0.318. The van der Waals surface area contributed by atoms with E-state index in [0.29, 0.717) is 48.4 Å². The van der Waals surface area contributed by atoms with Gasteiger partial charge < -0.3 is 13.9 Å². The van der Waals surface area contributed by atoms with Crippen LogP contribution in [0.1, 0.15) is 31.1 Å². The molecule has 0 spiro atoms. The van der Waals surface area contributed by atoms with Crippen molar-refractivity contribution in [2.75, 3.05) is 24.6 Å². The topological polar surface area (TPSA) is 81.9 Å². The standard InChI is InChI=1S/C22H22N2O5S/c1-27-17-7-10-20-19(13-17)24(11-2-12-28-20)30(25,26)18-8-5-15(6-9-18)21-14-23-22(29-21)16-3-4-16/h5-10,13-14,16H,2-4,11-12H2,1H3. The largest absolute Gasteiger partial charge is 0.497 e. The van der Waals surface area contributed by atoms with E-state index in [4.69, 9.17) is 13.9 Å². The van der Waals surface area contributed by atoms with Crippen LogP contribution in [-0.2, 0) is 10.0 Å². The summed E-state index contributed by atoms with van der Waals surface area (Å²) in [5, 5.41) is 0. The average Bonchev–Trinajstić information content (AvgIpc) is 3.54. The lowest BCUT2D eigenvalue weighted by Gasteiger charge is -2.24. The zero-order valence-electron chi connectivity index (χ0n) is 16.6. The summed E-state index contributed by atoms with van der Waals surface area (Å²) < 4.78 is 45.1. The first-order chi connectivity index (χ1) is 14.6. The van der Waals surface area contributed by atoms with Crippen LogP contribution in [0.5, 0.6) is 11.5 Å². The van der Waals surface area contributed by atoms with Crippen molar-refractivity contribution in [1.29, 1.82) is 0 Å². The number of oxazole rings is 1. The molecule has 1 aliphatic carbocycles. The van der Waals surface area contributed by atoms with Crippen LogP contribution in [-0.4, -0.2) is 33.7 Å². The quantitative estimate of drug-likeness (QED) is 0.608. The first-order valence-electron chi connectivity index (χ1n) is 9.96. The van der Waals surface area contributed by atoms with Crippen molar-refractivity contribution >= 4 is 15.7 Å². The van der Waals surface area contributed by atoms with E-state index in [1.165, 1.54) is 4.31 Å². The highest BCUT2D eigenvalue weighted by Crippen LogP contribution is 2.41. The molecular formula is C22H22N2O5S. The van der Waals surface area contributed by atoms with Gasteiger partial charge >= 0.3 is 0 Å². The van der Waals surface area contributed by atoms with Crippen LogP contribution in [0.15, 0.2) is 58.0 Å². The molecule has 1 aromatic heterocycles. The normalized spacial score (nSPS) is 16.5. The van der Waals surface area contributed by atoms with Crippen molar-refractivity contribution in [3.63, 3.8) is 0 Å². The van der Waals surface area contributed by atoms with Gasteiger partial charge in [0.25, 0.3) is 10.0 Å². The van der Waals surface area contributed by atoms with Gasteiger partial charge in [0.1, 0.15) is 11.5 Å². The average molecular weight is 426 g/mol. The minimum absolute atomic E-state index is 0.212. The Balaban J connectivity index is 1.47. The number of aromatic nitrogens is 1. The molecule has 1 aliphatic heterocycles. The van der Waals surface area contributed by atoms with Gasteiger partial charge in [-0.15, -0.1) is 0 Å². The van der Waals surface area contributed by atoms with E-state index >= 15 is 0 Å². The van der Waals surface area contributed by atoms with Crippen LogP contribution in [0.2, 0.25) is 0 Å². The summed E-state index contributed by atoms with van der Waals surface area (Å²) in [5.41, 5.74) is 1.29. The highest BCUT2D eigenvalue weighted by atomic mass is 32.2. The smallest absolute Gasteiger partial charge is 0.264 e. The van der Waals surface area contributed by atoms with Crippen LogP contribution in [0.25, 0.3) is 11.3 Å². The summed E-state index contributed by atoms with van der Waals surface area (Å²) >= 11 is 0. The molecule has 3 aromatic rings. The second kappa shape index (κ2) is 7.36. The first kappa shape index (κ1) is 19.0. The van der Waals surface area contributed by atoms with E-state index in [2.05, 4.69) is 4.98 Å². The van der Waals surface area contributed by atoms with Gasteiger partial charge in [0.15, 0.2) is 11.7 Å². The van der Waals surface area contributed by atoms with E-state index in [0.717, 1.165) is 24.3 Å². The van der Waals surface area contributed by atoms with Crippen LogP contribution >= 0.6 is 0 Å². The minimum atomic E-state index is -3.77. The number of fused-ring (bicyclic) bond motifs is 1. The van der Waals surface area contributed by atoms with Gasteiger partial charge in [-0.05, 0) is 49.2 Å². The van der Waals surface area contributed by atoms with Gasteiger partial charge in [-0.25, -0.2) is 13.4 Å². The van der Waals surface area contributed by atoms with Crippen LogP contribution in [0.3, 0.4) is 0 Å². The molecule has 7 nitrogen and oxygen atoms in total. The number of ether oxygens (including phenoxy) is 2. The lowest BCUT2D eigenvalue weighted by atomic mass is 10.2. The number of sulfonamides is 1. The lowest BCUT2D eigenvalue weighted by molar-refractivity contribution is 0.322. The van der Waals surface area contributed by atoms with Gasteiger partial charge in [0.05, 0.1) is 30.5 Å². The number of methoxy groups -OCH3 is 1. The third-order valence-electron chi connectivity index (χ3n) is 5.37. The van der Waals surface area contributed by atoms with Crippen LogP contribution in [0, 0.1) is 0 Å². The molecule has 5 rings (SSSR count). The molecule has 0 unspecified atom stereocenters. The molecule has 0 N–H and O–H groups in total. The summed E-state index contributed by atoms with van der Waals surface area (Å²) in [4.78, 5) is 4.54. The van der Waals surface area contributed by atoms with Crippen molar-refractivity contribution in [1.82, 2.24) is 4.98 Å². The van der Waals surface area contributed by atoms with E-state index < -0.39 is 10.0 Å². The Morgan fingerprint density at radius 2 is 1.93 bits per heavy atom. The fourth-order valence-corrected chi connectivity index (χ4v) is 5.07. The maximum atomic E-state index is 13.4. The van der Waals surface area contributed by atoms with Crippen LogP contribution in [0.4, 0.5) is 5.69 Å². The van der Waals surface area contributed by atoms with Crippen molar-refractivity contribution in [3.8, 4) is 22.8 Å². The zero-order valence-corrected chi connectivity index (χ0v) is 17.4. The van der Waals surface area contributed by atoms with E-state index in [1.54, 1.807) is 55.8 Å². The molecule has 0 atom stereocenters. The molecule has 2 aromatic carbocycles. The molecule has 2 heterocycles. The third kappa shape index (κ3) is 3.41. The Morgan fingerprint density at radius 3 is 2.67 bits per heavy atom. The van der Waals surface area contributed by atoms with E-state index in [-0.39, 0.29) is 4.90 Å². The second-order valence-electron chi connectivity index (χ2n) is 7.47. The summed E-state index contributed by atoms with van der Waals surface area (Å²) in [6, 6.07) is 11.9. The monoisotopic (exact) mass is 426 g/mol. The predicted molar refractivity (Wildman–Crippen MR) is 112 cm³/mol. The molecule has 0 saturated heterocycles. The number of anilines is 1. The third-order valence-corrected chi connectivity index (χ3v) is 7.20. The number of hydrogen-bond acceptors (Lipinski definition) is 6. The molecule has 8 heteroatoms. The van der Waals surface area contributed by atoms with E-state index in [1.807, 2.05) is 0 Å². The first-order valence-corrected chi connectivity index (χ1v) is 11.4. The number of nitrogens with zero attached hydrogens (tertiary/aromatic N) is 2. The molecule has 156 valence electrons. The Kier molecular flexibility index (Phi) is 4.66. The molecule has 1 fully saturated rings. The Bertz CT molecular complexity index is 1170. The van der Waals surface area contributed by atoms with E-state index in [9.17, 15) is 8.42 Å². The second-order valence-corrected chi connectivity index (χ2v) is 9.34. The van der Waals surface area contributed by atoms with Gasteiger partial charge in [-0.3, -0.25) is 4.31 Å². The van der Waals surface area contributed by atoms with Crippen molar-refractivity contribution < 1.29 is 22.3 Å². The summed E-state index contributed by atoms with van der Waals surface area (Å²) in [5.74, 6) is 2.95. The molecule has 0 amide bonds. The maximum Gasteiger partial charge on any atom is 0.264 e. The number of benzene rings is 2. The predicted octanol–water partition coefficient (Wildman–Crippen LogP) is 4.21. The summed E-state index contributed by atoms with van der Waals surface area (Å²) in [7, 11) is -2.22. The molecule has 2 aliphatic rings. The van der Waals surface area contributed by atoms with Gasteiger partial charge in [0.2, 0.25) is 0 Å². The molecule has 30 heavy (non-hydrogen) atoms. The maximum absolute atomic E-state index is 13.4. The van der Waals surface area contributed by atoms with Crippen molar-refractivity contribution in [2.45, 2.75) is 30.1 Å². The zero-order chi connectivity index (χ0) is 20.7. The summed E-state index contributed by atoms with van der Waals surface area (Å²) in [6.45, 7) is 0.788. The SMILES string of the molecule is COc1ccc2c(c1)N(S(=O)(=O)c1ccc(-c3cnc(C4CC4)o3)cc1)CCCO2. The Hall–Kier alpha value is -3.00. The fourth-order valence-electron chi connectivity index (χ4n) is 3.56. The Morgan fingerprint density at radius 1 is 1.13 bits per heavy atom. The van der Waals surface area contributed by atoms with Crippen molar-refractivity contribution in [2.24, 2.45) is 0 Å². The molecular weight excluding hydrogens is 404 g/mol. The van der Waals surface area contributed by atoms with Gasteiger partial charge in [0, 0.05) is 30.5 Å².